The maximum absolute atomic E-state index is 5.91. The molecule has 4 nitrogen and oxygen atoms in total. The van der Waals surface area contributed by atoms with Gasteiger partial charge in [0.1, 0.15) is 11.8 Å². The van der Waals surface area contributed by atoms with Crippen molar-refractivity contribution >= 4 is 24.0 Å². The molecule has 1 atom stereocenters. The summed E-state index contributed by atoms with van der Waals surface area (Å²) in [7, 11) is 1.66. The van der Waals surface area contributed by atoms with Crippen LogP contribution >= 0.6 is 24.0 Å². The highest BCUT2D eigenvalue weighted by atomic mass is 35.5. The Labute approximate surface area is 190 Å². The van der Waals surface area contributed by atoms with Crippen LogP contribution < -0.4 is 14.8 Å². The smallest absolute Gasteiger partial charge is 0.161 e. The molecule has 0 radical (unpaired) electrons. The highest BCUT2D eigenvalue weighted by Crippen LogP contribution is 2.29. The SMILES string of the molecule is CCCC(NCc1ccc(OCc2ccc(Cl)nc2)c(OC)c1)c1ccccc1.Cl. The van der Waals surface area contributed by atoms with Crippen LogP contribution in [-0.4, -0.2) is 12.1 Å². The Balaban J connectivity index is 0.00000320. The normalized spacial score (nSPS) is 11.4. The quantitative estimate of drug-likeness (QED) is 0.367. The lowest BCUT2D eigenvalue weighted by atomic mass is 10.0. The molecule has 160 valence electrons. The number of aromatic nitrogens is 1. The second-order valence-electron chi connectivity index (χ2n) is 6.90. The predicted octanol–water partition coefficient (Wildman–Crippen LogP) is 6.38. The zero-order valence-corrected chi connectivity index (χ0v) is 18.9. The number of methoxy groups -OCH3 is 1. The van der Waals surface area contributed by atoms with Crippen LogP contribution in [-0.2, 0) is 13.2 Å². The van der Waals surface area contributed by atoms with Gasteiger partial charge >= 0.3 is 0 Å². The molecule has 3 rings (SSSR count). The molecular weight excluding hydrogens is 419 g/mol. The molecule has 30 heavy (non-hydrogen) atoms. The van der Waals surface area contributed by atoms with Crippen molar-refractivity contribution in [2.75, 3.05) is 7.11 Å². The van der Waals surface area contributed by atoms with Gasteiger partial charge in [0.2, 0.25) is 0 Å². The average Bonchev–Trinajstić information content (AvgIpc) is 2.77. The summed E-state index contributed by atoms with van der Waals surface area (Å²) in [5, 5.41) is 4.14. The van der Waals surface area contributed by atoms with E-state index in [0.717, 1.165) is 36.3 Å². The minimum atomic E-state index is 0. The van der Waals surface area contributed by atoms with Gasteiger partial charge in [0.25, 0.3) is 0 Å². The molecule has 0 fully saturated rings. The Morgan fingerprint density at radius 2 is 1.77 bits per heavy atom. The maximum atomic E-state index is 5.91. The van der Waals surface area contributed by atoms with Crippen LogP contribution in [0.25, 0.3) is 0 Å². The zero-order chi connectivity index (χ0) is 20.5. The first-order chi connectivity index (χ1) is 14.2. The molecule has 1 N–H and O–H groups in total. The number of hydrogen-bond acceptors (Lipinski definition) is 4. The van der Waals surface area contributed by atoms with Gasteiger partial charge in [0, 0.05) is 24.3 Å². The van der Waals surface area contributed by atoms with Gasteiger partial charge in [-0.1, -0.05) is 67.4 Å². The Kier molecular flexibility index (Phi) is 9.95. The van der Waals surface area contributed by atoms with Gasteiger partial charge in [-0.3, -0.25) is 0 Å². The van der Waals surface area contributed by atoms with E-state index in [-0.39, 0.29) is 12.4 Å². The number of nitrogens with zero attached hydrogens (tertiary/aromatic N) is 1. The van der Waals surface area contributed by atoms with Crippen molar-refractivity contribution in [3.05, 3.63) is 88.7 Å². The molecule has 2 aromatic carbocycles. The van der Waals surface area contributed by atoms with E-state index in [0.29, 0.717) is 23.6 Å². The van der Waals surface area contributed by atoms with Crippen LogP contribution in [0.1, 0.15) is 42.5 Å². The third-order valence-corrected chi connectivity index (χ3v) is 4.97. The summed E-state index contributed by atoms with van der Waals surface area (Å²) in [4.78, 5) is 4.07. The third-order valence-electron chi connectivity index (χ3n) is 4.74. The Bertz CT molecular complexity index is 889. The van der Waals surface area contributed by atoms with Gasteiger partial charge < -0.3 is 14.8 Å². The zero-order valence-electron chi connectivity index (χ0n) is 17.3. The first-order valence-electron chi connectivity index (χ1n) is 9.88. The molecule has 1 unspecified atom stereocenters. The summed E-state index contributed by atoms with van der Waals surface area (Å²) in [6, 6.07) is 20.6. The molecule has 1 aromatic heterocycles. The Morgan fingerprint density at radius 3 is 2.43 bits per heavy atom. The third kappa shape index (κ3) is 6.91. The molecule has 0 aliphatic rings. The van der Waals surface area contributed by atoms with Crippen LogP contribution in [0.3, 0.4) is 0 Å². The van der Waals surface area contributed by atoms with Crippen LogP contribution in [0.2, 0.25) is 5.15 Å². The number of rotatable bonds is 10. The average molecular weight is 447 g/mol. The lowest BCUT2D eigenvalue weighted by Gasteiger charge is -2.19. The predicted molar refractivity (Wildman–Crippen MR) is 125 cm³/mol. The molecule has 0 aliphatic carbocycles. The van der Waals surface area contributed by atoms with Crippen molar-refractivity contribution in [2.24, 2.45) is 0 Å². The fourth-order valence-electron chi connectivity index (χ4n) is 3.20. The van der Waals surface area contributed by atoms with Crippen LogP contribution in [0.5, 0.6) is 11.5 Å². The topological polar surface area (TPSA) is 43.4 Å². The number of nitrogens with one attached hydrogen (secondary N) is 1. The van der Waals surface area contributed by atoms with E-state index >= 15 is 0 Å². The Hall–Kier alpha value is -2.27. The molecule has 0 amide bonds. The summed E-state index contributed by atoms with van der Waals surface area (Å²) in [5.41, 5.74) is 3.42. The number of ether oxygens (including phenoxy) is 2. The van der Waals surface area contributed by atoms with Crippen LogP contribution in [0.15, 0.2) is 66.9 Å². The summed E-state index contributed by atoms with van der Waals surface area (Å²) in [6.45, 7) is 3.38. The van der Waals surface area contributed by atoms with Gasteiger partial charge in [-0.2, -0.15) is 0 Å². The van der Waals surface area contributed by atoms with Gasteiger partial charge in [-0.05, 0) is 35.7 Å². The van der Waals surface area contributed by atoms with Crippen molar-refractivity contribution in [3.8, 4) is 11.5 Å². The lowest BCUT2D eigenvalue weighted by Crippen LogP contribution is -2.20. The summed E-state index contributed by atoms with van der Waals surface area (Å²) in [6.07, 6.45) is 3.93. The second-order valence-corrected chi connectivity index (χ2v) is 7.28. The molecule has 0 spiro atoms. The van der Waals surface area contributed by atoms with E-state index in [1.165, 1.54) is 5.56 Å². The summed E-state index contributed by atoms with van der Waals surface area (Å²) < 4.78 is 11.5. The van der Waals surface area contributed by atoms with E-state index in [9.17, 15) is 0 Å². The first kappa shape index (κ1) is 24.0. The molecule has 0 bridgehead atoms. The monoisotopic (exact) mass is 446 g/mol. The van der Waals surface area contributed by atoms with Gasteiger partial charge in [0.15, 0.2) is 11.5 Å². The molecule has 0 aliphatic heterocycles. The molecule has 6 heteroatoms. The fourth-order valence-corrected chi connectivity index (χ4v) is 3.31. The maximum Gasteiger partial charge on any atom is 0.161 e. The minimum absolute atomic E-state index is 0. The van der Waals surface area contributed by atoms with Gasteiger partial charge in [0.05, 0.1) is 7.11 Å². The fraction of sp³-hybridized carbons (Fsp3) is 0.292. The Morgan fingerprint density at radius 1 is 1.00 bits per heavy atom. The molecular formula is C24H28Cl2N2O2. The number of benzene rings is 2. The van der Waals surface area contributed by atoms with E-state index < -0.39 is 0 Å². The molecule has 1 heterocycles. The highest BCUT2D eigenvalue weighted by Gasteiger charge is 2.11. The van der Waals surface area contributed by atoms with Gasteiger partial charge in [-0.15, -0.1) is 12.4 Å². The molecule has 0 saturated heterocycles. The van der Waals surface area contributed by atoms with Crippen molar-refractivity contribution in [1.29, 1.82) is 0 Å². The van der Waals surface area contributed by atoms with Crippen LogP contribution in [0.4, 0.5) is 0 Å². The van der Waals surface area contributed by atoms with E-state index in [1.54, 1.807) is 19.4 Å². The number of hydrogen-bond donors (Lipinski definition) is 1. The number of halogens is 2. The molecule has 0 saturated carbocycles. The van der Waals surface area contributed by atoms with E-state index in [4.69, 9.17) is 21.1 Å². The summed E-state index contributed by atoms with van der Waals surface area (Å²) >= 11 is 5.83. The van der Waals surface area contributed by atoms with Crippen molar-refractivity contribution in [2.45, 2.75) is 39.0 Å². The standard InChI is InChI=1S/C24H27ClN2O2.ClH/c1-3-7-21(20-8-5-4-6-9-20)26-15-18-10-12-22(23(14-18)28-2)29-17-19-11-13-24(25)27-16-19;/h4-6,8-14,16,21,26H,3,7,15,17H2,1-2H3;1H. The number of pyridine rings is 1. The van der Waals surface area contributed by atoms with Crippen molar-refractivity contribution in [1.82, 2.24) is 10.3 Å². The minimum Gasteiger partial charge on any atom is -0.493 e. The van der Waals surface area contributed by atoms with E-state index in [2.05, 4.69) is 53.6 Å². The highest BCUT2D eigenvalue weighted by molar-refractivity contribution is 6.29. The first-order valence-corrected chi connectivity index (χ1v) is 10.3. The van der Waals surface area contributed by atoms with Crippen molar-refractivity contribution in [3.63, 3.8) is 0 Å². The van der Waals surface area contributed by atoms with Crippen LogP contribution in [0, 0.1) is 0 Å². The molecule has 3 aromatic rings. The lowest BCUT2D eigenvalue weighted by molar-refractivity contribution is 0.284. The van der Waals surface area contributed by atoms with Gasteiger partial charge in [-0.25, -0.2) is 4.98 Å². The van der Waals surface area contributed by atoms with E-state index in [1.807, 2.05) is 18.2 Å². The van der Waals surface area contributed by atoms with Crippen molar-refractivity contribution < 1.29 is 9.47 Å². The second kappa shape index (κ2) is 12.4. The largest absolute Gasteiger partial charge is 0.493 e. The summed E-state index contributed by atoms with van der Waals surface area (Å²) in [5.74, 6) is 1.43.